The van der Waals surface area contributed by atoms with E-state index in [0.717, 1.165) is 95.8 Å². The summed E-state index contributed by atoms with van der Waals surface area (Å²) in [6.45, 7) is 7.26. The van der Waals surface area contributed by atoms with Crippen LogP contribution in [-0.2, 0) is 65.4 Å². The first-order chi connectivity index (χ1) is 44.6. The van der Waals surface area contributed by atoms with E-state index in [1.807, 2.05) is 0 Å². The minimum absolute atomic E-state index is 0.107. The molecule has 0 heterocycles. The number of hydrogen-bond donors (Lipinski definition) is 3. The van der Waals surface area contributed by atoms with Crippen LogP contribution < -0.4 is 0 Å². The van der Waals surface area contributed by atoms with Gasteiger partial charge in [-0.15, -0.1) is 0 Å². The van der Waals surface area contributed by atoms with Crippen LogP contribution in [0.2, 0.25) is 0 Å². The second-order valence-electron chi connectivity index (χ2n) is 26.6. The van der Waals surface area contributed by atoms with Crippen molar-refractivity contribution in [2.45, 2.75) is 400 Å². The van der Waals surface area contributed by atoms with Gasteiger partial charge in [-0.05, 0) is 31.6 Å². The molecule has 0 bridgehead atoms. The number of phosphoric acid groups is 2. The molecular weight excluding hydrogens is 1210 g/mol. The molecule has 92 heavy (non-hydrogen) atoms. The van der Waals surface area contributed by atoms with Gasteiger partial charge in [0, 0.05) is 25.7 Å². The van der Waals surface area contributed by atoms with E-state index >= 15 is 0 Å². The summed E-state index contributed by atoms with van der Waals surface area (Å²) in [4.78, 5) is 72.6. The fraction of sp³-hybridized carbons (Fsp3) is 0.945. The van der Waals surface area contributed by atoms with Gasteiger partial charge in [0.05, 0.1) is 26.4 Å². The summed E-state index contributed by atoms with van der Waals surface area (Å²) < 4.78 is 68.4. The van der Waals surface area contributed by atoms with Crippen LogP contribution in [0, 0.1) is 5.92 Å². The van der Waals surface area contributed by atoms with Gasteiger partial charge in [-0.3, -0.25) is 37.3 Å². The lowest BCUT2D eigenvalue weighted by atomic mass is 9.99. The largest absolute Gasteiger partial charge is 0.472 e. The molecule has 3 unspecified atom stereocenters. The third-order valence-electron chi connectivity index (χ3n) is 17.4. The number of phosphoric ester groups is 2. The average Bonchev–Trinajstić information content (AvgIpc) is 2.23. The van der Waals surface area contributed by atoms with E-state index in [0.29, 0.717) is 25.7 Å². The minimum Gasteiger partial charge on any atom is -0.462 e. The molecule has 17 nitrogen and oxygen atoms in total. The summed E-state index contributed by atoms with van der Waals surface area (Å²) in [7, 11) is -9.90. The summed E-state index contributed by atoms with van der Waals surface area (Å²) in [5.74, 6) is -1.34. The van der Waals surface area contributed by atoms with E-state index in [1.54, 1.807) is 0 Å². The molecule has 0 aliphatic heterocycles. The van der Waals surface area contributed by atoms with Gasteiger partial charge < -0.3 is 33.8 Å². The SMILES string of the molecule is CCCCCCCCCCCCCCCCCCCCCC(=O)O[C@H](COC(=O)CCCCCCCCCCC(C)CC)COP(=O)(O)OC[C@@H](O)COP(=O)(O)OC[C@@H](COC(=O)CCCCCCCCCCCC)OC(=O)CCCCCCCCCCCCC. The van der Waals surface area contributed by atoms with Gasteiger partial charge >= 0.3 is 39.5 Å². The number of unbranched alkanes of at least 4 members (excludes halogenated alkanes) is 44. The lowest BCUT2D eigenvalue weighted by Crippen LogP contribution is -2.30. The lowest BCUT2D eigenvalue weighted by Gasteiger charge is -2.21. The van der Waals surface area contributed by atoms with Crippen LogP contribution in [0.15, 0.2) is 0 Å². The van der Waals surface area contributed by atoms with Crippen LogP contribution in [-0.4, -0.2) is 96.7 Å². The Kier molecular flexibility index (Phi) is 64.9. The molecule has 0 aromatic rings. The second-order valence-corrected chi connectivity index (χ2v) is 29.5. The summed E-state index contributed by atoms with van der Waals surface area (Å²) in [6.07, 6.45) is 54.0. The average molecular weight is 1350 g/mol. The fourth-order valence-electron chi connectivity index (χ4n) is 11.1. The minimum atomic E-state index is -4.95. The molecule has 0 aliphatic carbocycles. The fourth-order valence-corrected chi connectivity index (χ4v) is 12.7. The molecule has 6 atom stereocenters. The first kappa shape index (κ1) is 90.1. The van der Waals surface area contributed by atoms with E-state index in [-0.39, 0.29) is 25.7 Å². The van der Waals surface area contributed by atoms with Crippen LogP contribution in [0.5, 0.6) is 0 Å². The molecule has 3 N–H and O–H groups in total. The summed E-state index contributed by atoms with van der Waals surface area (Å²) in [5, 5.41) is 10.6. The van der Waals surface area contributed by atoms with E-state index < -0.39 is 97.5 Å². The third-order valence-corrected chi connectivity index (χ3v) is 19.3. The number of aliphatic hydroxyl groups excluding tert-OH is 1. The standard InChI is InChI=1S/C73H142O17P2/c1-6-10-13-16-19-22-25-26-27-28-29-30-31-32-34-37-44-49-54-59-73(78)90-69(63-84-71(76)57-52-47-42-39-38-40-45-50-55-66(5)9-4)65-88-92(81,82)86-61-67(74)60-85-91(79,80)87-64-68(62-83-70(75)56-51-46-41-35-24-21-18-15-12-8-3)89-72(77)58-53-48-43-36-33-23-20-17-14-11-7-2/h66-69,74H,6-65H2,1-5H3,(H,79,80)(H,81,82)/t66?,67-,68+,69+/m0/s1. The Balaban J connectivity index is 5.21. The zero-order chi connectivity index (χ0) is 67.7. The van der Waals surface area contributed by atoms with Crippen molar-refractivity contribution in [3.63, 3.8) is 0 Å². The molecule has 19 heteroatoms. The summed E-state index contributed by atoms with van der Waals surface area (Å²) in [5.41, 5.74) is 0. The van der Waals surface area contributed by atoms with Gasteiger partial charge in [0.1, 0.15) is 19.3 Å². The normalized spacial score (nSPS) is 14.3. The van der Waals surface area contributed by atoms with E-state index in [9.17, 15) is 43.2 Å². The third kappa shape index (κ3) is 65.4. The molecule has 546 valence electrons. The Hall–Kier alpha value is -1.94. The molecule has 0 aromatic heterocycles. The number of aliphatic hydroxyl groups is 1. The highest BCUT2D eigenvalue weighted by atomic mass is 31.2. The quantitative estimate of drug-likeness (QED) is 0.0222. The van der Waals surface area contributed by atoms with E-state index in [2.05, 4.69) is 34.6 Å². The Morgan fingerprint density at radius 3 is 0.772 bits per heavy atom. The first-order valence-electron chi connectivity index (χ1n) is 38.2. The zero-order valence-electron chi connectivity index (χ0n) is 59.7. The van der Waals surface area contributed by atoms with Gasteiger partial charge in [-0.1, -0.05) is 330 Å². The number of carbonyl (C=O) groups excluding carboxylic acids is 4. The van der Waals surface area contributed by atoms with Gasteiger partial charge in [0.15, 0.2) is 12.2 Å². The van der Waals surface area contributed by atoms with Gasteiger partial charge in [-0.25, -0.2) is 9.13 Å². The van der Waals surface area contributed by atoms with Crippen molar-refractivity contribution in [2.24, 2.45) is 5.92 Å². The number of esters is 4. The Morgan fingerprint density at radius 1 is 0.304 bits per heavy atom. The number of hydrogen-bond acceptors (Lipinski definition) is 15. The van der Waals surface area contributed by atoms with E-state index in [4.69, 9.17) is 37.0 Å². The number of carbonyl (C=O) groups is 4. The van der Waals surface area contributed by atoms with Crippen molar-refractivity contribution in [1.82, 2.24) is 0 Å². The highest BCUT2D eigenvalue weighted by Gasteiger charge is 2.30. The van der Waals surface area contributed by atoms with E-state index in [1.165, 1.54) is 205 Å². The summed E-state index contributed by atoms with van der Waals surface area (Å²) in [6, 6.07) is 0. The van der Waals surface area contributed by atoms with Crippen molar-refractivity contribution in [2.75, 3.05) is 39.6 Å². The van der Waals surface area contributed by atoms with Crippen LogP contribution in [0.1, 0.15) is 381 Å². The van der Waals surface area contributed by atoms with Crippen LogP contribution in [0.4, 0.5) is 0 Å². The van der Waals surface area contributed by atoms with Gasteiger partial charge in [-0.2, -0.15) is 0 Å². The molecule has 0 aliphatic rings. The van der Waals surface area contributed by atoms with Crippen LogP contribution in [0.3, 0.4) is 0 Å². The maximum absolute atomic E-state index is 13.1. The van der Waals surface area contributed by atoms with Gasteiger partial charge in [0.25, 0.3) is 0 Å². The highest BCUT2D eigenvalue weighted by Crippen LogP contribution is 2.45. The van der Waals surface area contributed by atoms with Crippen molar-refractivity contribution in [3.8, 4) is 0 Å². The monoisotopic (exact) mass is 1350 g/mol. The number of ether oxygens (including phenoxy) is 4. The Morgan fingerprint density at radius 2 is 0.522 bits per heavy atom. The molecule has 0 saturated heterocycles. The molecule has 0 spiro atoms. The highest BCUT2D eigenvalue weighted by molar-refractivity contribution is 7.47. The second kappa shape index (κ2) is 66.3. The van der Waals surface area contributed by atoms with Crippen molar-refractivity contribution in [3.05, 3.63) is 0 Å². The molecule has 0 amide bonds. The molecule has 0 radical (unpaired) electrons. The maximum atomic E-state index is 13.1. The predicted octanol–water partition coefficient (Wildman–Crippen LogP) is 21.3. The molecule has 0 saturated carbocycles. The van der Waals surface area contributed by atoms with Crippen molar-refractivity contribution in [1.29, 1.82) is 0 Å². The Bertz CT molecular complexity index is 1770. The predicted molar refractivity (Wildman–Crippen MR) is 372 cm³/mol. The lowest BCUT2D eigenvalue weighted by molar-refractivity contribution is -0.161. The number of rotatable bonds is 73. The maximum Gasteiger partial charge on any atom is 0.472 e. The first-order valence-corrected chi connectivity index (χ1v) is 41.2. The van der Waals surface area contributed by atoms with Crippen LogP contribution >= 0.6 is 15.6 Å². The smallest absolute Gasteiger partial charge is 0.462 e. The Labute approximate surface area is 562 Å². The van der Waals surface area contributed by atoms with Crippen molar-refractivity contribution >= 4 is 39.5 Å². The molecule has 0 fully saturated rings. The summed E-state index contributed by atoms with van der Waals surface area (Å²) >= 11 is 0. The van der Waals surface area contributed by atoms with Crippen LogP contribution in [0.25, 0.3) is 0 Å². The molecule has 0 rings (SSSR count). The topological polar surface area (TPSA) is 237 Å². The van der Waals surface area contributed by atoms with Gasteiger partial charge in [0.2, 0.25) is 0 Å². The zero-order valence-corrected chi connectivity index (χ0v) is 61.5. The van der Waals surface area contributed by atoms with Crippen molar-refractivity contribution < 1.29 is 80.2 Å². The molecule has 0 aromatic carbocycles. The molecular formula is C73H142O17P2.